The molecular formula is C15H24N2. The highest BCUT2D eigenvalue weighted by molar-refractivity contribution is 5.22. The molecule has 1 aliphatic rings. The maximum Gasteiger partial charge on any atom is 0.0233 e. The third-order valence-corrected chi connectivity index (χ3v) is 3.84. The number of nitrogens with zero attached hydrogens (tertiary/aromatic N) is 1. The molecule has 1 aromatic carbocycles. The van der Waals surface area contributed by atoms with E-state index in [1.807, 2.05) is 0 Å². The van der Waals surface area contributed by atoms with Crippen LogP contribution in [0.25, 0.3) is 0 Å². The summed E-state index contributed by atoms with van der Waals surface area (Å²) >= 11 is 0. The molecule has 0 atom stereocenters. The molecule has 0 bridgehead atoms. The van der Waals surface area contributed by atoms with Crippen molar-refractivity contribution in [3.8, 4) is 0 Å². The van der Waals surface area contributed by atoms with Crippen LogP contribution in [-0.4, -0.2) is 23.5 Å². The Labute approximate surface area is 105 Å². The molecule has 94 valence electrons. The molecule has 2 heteroatoms. The van der Waals surface area contributed by atoms with Crippen molar-refractivity contribution in [1.82, 2.24) is 4.90 Å². The lowest BCUT2D eigenvalue weighted by Gasteiger charge is -2.36. The van der Waals surface area contributed by atoms with Crippen LogP contribution in [0.5, 0.6) is 0 Å². The molecule has 17 heavy (non-hydrogen) atoms. The smallest absolute Gasteiger partial charge is 0.0233 e. The first-order chi connectivity index (χ1) is 8.09. The predicted molar refractivity (Wildman–Crippen MR) is 72.9 cm³/mol. The fraction of sp³-hybridized carbons (Fsp3) is 0.600. The van der Waals surface area contributed by atoms with Crippen molar-refractivity contribution in [1.29, 1.82) is 0 Å². The van der Waals surface area contributed by atoms with Gasteiger partial charge in [0.15, 0.2) is 0 Å². The van der Waals surface area contributed by atoms with Gasteiger partial charge >= 0.3 is 0 Å². The van der Waals surface area contributed by atoms with Crippen LogP contribution in [0.2, 0.25) is 0 Å². The number of benzene rings is 1. The molecule has 1 heterocycles. The molecule has 0 saturated carbocycles. The molecule has 1 saturated heterocycles. The summed E-state index contributed by atoms with van der Waals surface area (Å²) in [5.74, 6) is 0. The third-order valence-electron chi connectivity index (χ3n) is 3.84. The van der Waals surface area contributed by atoms with Gasteiger partial charge in [-0.2, -0.15) is 0 Å². The lowest BCUT2D eigenvalue weighted by Crippen LogP contribution is -2.47. The highest BCUT2D eigenvalue weighted by atomic mass is 15.1. The van der Waals surface area contributed by atoms with Crippen molar-refractivity contribution in [2.24, 2.45) is 5.73 Å². The zero-order chi connectivity index (χ0) is 12.3. The van der Waals surface area contributed by atoms with E-state index >= 15 is 0 Å². The van der Waals surface area contributed by atoms with Gasteiger partial charge in [-0.3, -0.25) is 4.90 Å². The summed E-state index contributed by atoms with van der Waals surface area (Å²) in [6, 6.07) is 9.00. The maximum atomic E-state index is 6.14. The molecule has 0 radical (unpaired) electrons. The first kappa shape index (κ1) is 12.6. The number of rotatable bonds is 3. The third kappa shape index (κ3) is 3.55. The first-order valence-electron chi connectivity index (χ1n) is 6.68. The highest BCUT2D eigenvalue weighted by Gasteiger charge is 2.25. The van der Waals surface area contributed by atoms with Gasteiger partial charge in [0.25, 0.3) is 0 Å². The fourth-order valence-electron chi connectivity index (χ4n) is 2.36. The average molecular weight is 232 g/mol. The number of likely N-dealkylation sites (tertiary alicyclic amines) is 1. The zero-order valence-electron chi connectivity index (χ0n) is 11.1. The topological polar surface area (TPSA) is 29.3 Å². The van der Waals surface area contributed by atoms with E-state index in [1.54, 1.807) is 0 Å². The summed E-state index contributed by atoms with van der Waals surface area (Å²) in [7, 11) is 0. The Balaban J connectivity index is 1.89. The average Bonchev–Trinajstić information content (AvgIpc) is 2.33. The van der Waals surface area contributed by atoms with Crippen LogP contribution >= 0.6 is 0 Å². The van der Waals surface area contributed by atoms with E-state index < -0.39 is 0 Å². The van der Waals surface area contributed by atoms with E-state index in [9.17, 15) is 0 Å². The minimum atomic E-state index is 0.0581. The van der Waals surface area contributed by atoms with Crippen molar-refractivity contribution in [3.05, 3.63) is 35.4 Å². The summed E-state index contributed by atoms with van der Waals surface area (Å²) in [4.78, 5) is 2.51. The zero-order valence-corrected chi connectivity index (χ0v) is 11.1. The van der Waals surface area contributed by atoms with Crippen LogP contribution in [0.4, 0.5) is 0 Å². The van der Waals surface area contributed by atoms with Gasteiger partial charge in [-0.05, 0) is 37.3 Å². The predicted octanol–water partition coefficient (Wildman–Crippen LogP) is 2.56. The normalized spacial score (nSPS) is 20.4. The molecule has 0 amide bonds. The number of nitrogens with two attached hydrogens (primary N) is 1. The van der Waals surface area contributed by atoms with Crippen LogP contribution < -0.4 is 5.73 Å². The Bertz CT molecular complexity index is 344. The second-order valence-electron chi connectivity index (χ2n) is 5.60. The minimum absolute atomic E-state index is 0.0581. The second-order valence-corrected chi connectivity index (χ2v) is 5.60. The van der Waals surface area contributed by atoms with Gasteiger partial charge in [-0.15, -0.1) is 0 Å². The highest BCUT2D eigenvalue weighted by Crippen LogP contribution is 2.20. The van der Waals surface area contributed by atoms with Crippen molar-refractivity contribution >= 4 is 0 Å². The van der Waals surface area contributed by atoms with Gasteiger partial charge in [0.1, 0.15) is 0 Å². The van der Waals surface area contributed by atoms with Gasteiger partial charge < -0.3 is 5.73 Å². The molecule has 0 aliphatic carbocycles. The standard InChI is InChI=1S/C15H24N2/c1-3-13-4-6-14(7-5-13)12-17-10-8-15(2,16)9-11-17/h4-7H,3,8-12,16H2,1-2H3. The van der Waals surface area contributed by atoms with Gasteiger partial charge in [0.2, 0.25) is 0 Å². The fourth-order valence-corrected chi connectivity index (χ4v) is 2.36. The summed E-state index contributed by atoms with van der Waals surface area (Å²) in [6.45, 7) is 7.69. The Kier molecular flexibility index (Phi) is 3.85. The quantitative estimate of drug-likeness (QED) is 0.868. The molecule has 0 aromatic heterocycles. The number of piperidine rings is 1. The number of hydrogen-bond acceptors (Lipinski definition) is 2. The molecule has 2 rings (SSSR count). The Hall–Kier alpha value is -0.860. The molecule has 1 aliphatic heterocycles. The minimum Gasteiger partial charge on any atom is -0.325 e. The first-order valence-corrected chi connectivity index (χ1v) is 6.68. The number of aryl methyl sites for hydroxylation is 1. The number of hydrogen-bond donors (Lipinski definition) is 1. The van der Waals surface area contributed by atoms with Gasteiger partial charge in [-0.1, -0.05) is 31.2 Å². The Morgan fingerprint density at radius 1 is 1.12 bits per heavy atom. The van der Waals surface area contributed by atoms with Crippen LogP contribution in [0.3, 0.4) is 0 Å². The van der Waals surface area contributed by atoms with Crippen LogP contribution in [-0.2, 0) is 13.0 Å². The van der Waals surface area contributed by atoms with E-state index in [0.717, 1.165) is 38.9 Å². The van der Waals surface area contributed by atoms with Crippen LogP contribution in [0, 0.1) is 0 Å². The van der Waals surface area contributed by atoms with Gasteiger partial charge in [0, 0.05) is 25.2 Å². The summed E-state index contributed by atoms with van der Waals surface area (Å²) in [5, 5.41) is 0. The molecule has 1 aromatic rings. The van der Waals surface area contributed by atoms with E-state index in [4.69, 9.17) is 5.73 Å². The molecule has 1 fully saturated rings. The van der Waals surface area contributed by atoms with E-state index in [2.05, 4.69) is 43.0 Å². The van der Waals surface area contributed by atoms with Gasteiger partial charge in [0.05, 0.1) is 0 Å². The lowest BCUT2D eigenvalue weighted by atomic mass is 9.91. The summed E-state index contributed by atoms with van der Waals surface area (Å²) in [5.41, 5.74) is 9.04. The summed E-state index contributed by atoms with van der Waals surface area (Å²) in [6.07, 6.45) is 3.34. The van der Waals surface area contributed by atoms with Crippen molar-refractivity contribution in [3.63, 3.8) is 0 Å². The van der Waals surface area contributed by atoms with Crippen LogP contribution in [0.15, 0.2) is 24.3 Å². The lowest BCUT2D eigenvalue weighted by molar-refractivity contribution is 0.165. The molecular weight excluding hydrogens is 208 g/mol. The molecule has 2 N–H and O–H groups in total. The molecule has 2 nitrogen and oxygen atoms in total. The Morgan fingerprint density at radius 2 is 1.65 bits per heavy atom. The monoisotopic (exact) mass is 232 g/mol. The van der Waals surface area contributed by atoms with E-state index in [1.165, 1.54) is 11.1 Å². The van der Waals surface area contributed by atoms with E-state index in [0.29, 0.717) is 0 Å². The second kappa shape index (κ2) is 5.19. The van der Waals surface area contributed by atoms with Crippen molar-refractivity contribution in [2.75, 3.05) is 13.1 Å². The Morgan fingerprint density at radius 3 is 2.18 bits per heavy atom. The summed E-state index contributed by atoms with van der Waals surface area (Å²) < 4.78 is 0. The van der Waals surface area contributed by atoms with Crippen LogP contribution in [0.1, 0.15) is 37.8 Å². The molecule has 0 unspecified atom stereocenters. The van der Waals surface area contributed by atoms with E-state index in [-0.39, 0.29) is 5.54 Å². The SMILES string of the molecule is CCc1ccc(CN2CCC(C)(N)CC2)cc1. The van der Waals surface area contributed by atoms with Crippen molar-refractivity contribution in [2.45, 2.75) is 45.2 Å². The van der Waals surface area contributed by atoms with Gasteiger partial charge in [-0.25, -0.2) is 0 Å². The van der Waals surface area contributed by atoms with Crippen molar-refractivity contribution < 1.29 is 0 Å². The molecule has 0 spiro atoms. The largest absolute Gasteiger partial charge is 0.325 e. The maximum absolute atomic E-state index is 6.14.